The van der Waals surface area contributed by atoms with E-state index in [1.54, 1.807) is 25.1 Å². The summed E-state index contributed by atoms with van der Waals surface area (Å²) in [5, 5.41) is 13.0. The molecule has 3 aromatic rings. The van der Waals surface area contributed by atoms with Gasteiger partial charge in [0.25, 0.3) is 5.91 Å². The molecule has 37 heavy (non-hydrogen) atoms. The summed E-state index contributed by atoms with van der Waals surface area (Å²) < 4.78 is 47.9. The van der Waals surface area contributed by atoms with Gasteiger partial charge in [-0.25, -0.2) is 22.5 Å². The van der Waals surface area contributed by atoms with Gasteiger partial charge in [-0.3, -0.25) is 4.79 Å². The van der Waals surface area contributed by atoms with Crippen LogP contribution in [0.25, 0.3) is 0 Å². The second kappa shape index (κ2) is 11.5. The lowest BCUT2D eigenvalue weighted by molar-refractivity contribution is 0.0921. The Labute approximate surface area is 219 Å². The molecule has 0 atom stereocenters. The highest BCUT2D eigenvalue weighted by Gasteiger charge is 2.29. The lowest BCUT2D eigenvalue weighted by Gasteiger charge is -2.29. The van der Waals surface area contributed by atoms with Crippen molar-refractivity contribution in [1.29, 1.82) is 0 Å². The molecule has 3 N–H and O–H groups in total. The molecular formula is C26H28FN3O5S2. The van der Waals surface area contributed by atoms with Crippen LogP contribution >= 0.6 is 11.8 Å². The van der Waals surface area contributed by atoms with Crippen LogP contribution < -0.4 is 14.8 Å². The van der Waals surface area contributed by atoms with Gasteiger partial charge < -0.3 is 15.2 Å². The minimum Gasteiger partial charge on any atom is -0.507 e. The number of phenols is 1. The number of sulfonamides is 1. The number of amides is 1. The van der Waals surface area contributed by atoms with Crippen molar-refractivity contribution in [2.75, 3.05) is 6.26 Å². The molecule has 0 bridgehead atoms. The Morgan fingerprint density at radius 1 is 1.11 bits per heavy atom. The van der Waals surface area contributed by atoms with Crippen LogP contribution in [0.5, 0.6) is 17.4 Å². The zero-order valence-electron chi connectivity index (χ0n) is 20.4. The lowest BCUT2D eigenvalue weighted by atomic mass is 9.91. The van der Waals surface area contributed by atoms with Crippen molar-refractivity contribution in [1.82, 2.24) is 15.0 Å². The summed E-state index contributed by atoms with van der Waals surface area (Å²) in [6, 6.07) is 12.2. The van der Waals surface area contributed by atoms with Gasteiger partial charge in [-0.15, -0.1) is 11.8 Å². The van der Waals surface area contributed by atoms with Crippen molar-refractivity contribution in [2.24, 2.45) is 0 Å². The van der Waals surface area contributed by atoms with E-state index in [0.29, 0.717) is 31.4 Å². The molecule has 8 nitrogen and oxygen atoms in total. The summed E-state index contributed by atoms with van der Waals surface area (Å²) in [6.07, 6.45) is 4.95. The van der Waals surface area contributed by atoms with E-state index in [9.17, 15) is 22.7 Å². The monoisotopic (exact) mass is 545 g/mol. The second-order valence-corrected chi connectivity index (χ2v) is 11.5. The fourth-order valence-electron chi connectivity index (χ4n) is 4.20. The highest BCUT2D eigenvalue weighted by atomic mass is 32.2. The van der Waals surface area contributed by atoms with Crippen LogP contribution in [0.4, 0.5) is 4.39 Å². The summed E-state index contributed by atoms with van der Waals surface area (Å²) in [6.45, 7) is 1.76. The fourth-order valence-corrected chi connectivity index (χ4v) is 6.03. The first-order chi connectivity index (χ1) is 17.6. The van der Waals surface area contributed by atoms with Crippen molar-refractivity contribution < 1.29 is 27.4 Å². The number of aromatic nitrogens is 1. The summed E-state index contributed by atoms with van der Waals surface area (Å²) in [5.41, 5.74) is 0.732. The molecule has 1 aliphatic carbocycles. The number of hydrogen-bond donors (Lipinski definition) is 3. The Balaban J connectivity index is 1.38. The van der Waals surface area contributed by atoms with Gasteiger partial charge in [0.05, 0.1) is 6.20 Å². The number of nitrogens with zero attached hydrogens (tertiary/aromatic N) is 1. The van der Waals surface area contributed by atoms with E-state index >= 15 is 0 Å². The van der Waals surface area contributed by atoms with Crippen LogP contribution in [0.3, 0.4) is 0 Å². The Kier molecular flexibility index (Phi) is 8.35. The predicted molar refractivity (Wildman–Crippen MR) is 139 cm³/mol. The largest absolute Gasteiger partial charge is 0.507 e. The average Bonchev–Trinajstić information content (AvgIpc) is 2.86. The van der Waals surface area contributed by atoms with Crippen LogP contribution in [0.15, 0.2) is 64.5 Å². The highest BCUT2D eigenvalue weighted by molar-refractivity contribution is 7.98. The van der Waals surface area contributed by atoms with E-state index in [2.05, 4.69) is 15.0 Å². The molecule has 2 aromatic carbocycles. The average molecular weight is 546 g/mol. The van der Waals surface area contributed by atoms with Crippen molar-refractivity contribution in [3.8, 4) is 17.4 Å². The number of phenolic OH excluding ortho intramolecular Hbond substituents is 1. The third-order valence-electron chi connectivity index (χ3n) is 6.11. The maximum atomic E-state index is 14.0. The topological polar surface area (TPSA) is 118 Å². The maximum absolute atomic E-state index is 14.0. The molecule has 4 rings (SSSR count). The number of hydrogen-bond acceptors (Lipinski definition) is 7. The number of thioether (sulfide) groups is 1. The quantitative estimate of drug-likeness (QED) is 0.349. The molecule has 1 aromatic heterocycles. The number of aromatic hydroxyl groups is 1. The van der Waals surface area contributed by atoms with Crippen molar-refractivity contribution in [3.05, 3.63) is 71.7 Å². The fraction of sp³-hybridized carbons (Fsp3) is 0.308. The third-order valence-corrected chi connectivity index (χ3v) is 8.40. The lowest BCUT2D eigenvalue weighted by Crippen LogP contribution is -2.43. The number of aryl methyl sites for hydroxylation is 1. The zero-order chi connectivity index (χ0) is 26.6. The van der Waals surface area contributed by atoms with Crippen molar-refractivity contribution in [3.63, 3.8) is 0 Å². The molecule has 0 radical (unpaired) electrons. The van der Waals surface area contributed by atoms with E-state index in [0.717, 1.165) is 22.7 Å². The van der Waals surface area contributed by atoms with Crippen molar-refractivity contribution >= 4 is 27.7 Å². The van der Waals surface area contributed by atoms with E-state index in [1.165, 1.54) is 23.9 Å². The molecule has 1 fully saturated rings. The van der Waals surface area contributed by atoms with Gasteiger partial charge in [0, 0.05) is 17.0 Å². The smallest absolute Gasteiger partial charge is 0.257 e. The SMILES string of the molecule is CSc1cccc(Oc2ncc(F)cc2C(=O)NC2CCC(NS(=O)(=O)c3ccc(C)cc3O)CC2)c1. The number of pyridine rings is 1. The van der Waals surface area contributed by atoms with Gasteiger partial charge >= 0.3 is 0 Å². The number of nitrogens with one attached hydrogen (secondary N) is 2. The summed E-state index contributed by atoms with van der Waals surface area (Å²) in [7, 11) is -3.89. The first-order valence-electron chi connectivity index (χ1n) is 11.7. The minimum atomic E-state index is -3.89. The predicted octanol–water partition coefficient (Wildman–Crippen LogP) is 4.77. The van der Waals surface area contributed by atoms with Crippen LogP contribution in [0, 0.1) is 12.7 Å². The molecule has 0 spiro atoms. The molecule has 1 heterocycles. The van der Waals surface area contributed by atoms with E-state index in [4.69, 9.17) is 4.74 Å². The molecule has 0 unspecified atom stereocenters. The first kappa shape index (κ1) is 26.9. The van der Waals surface area contributed by atoms with Crippen LogP contribution in [-0.4, -0.2) is 42.8 Å². The van der Waals surface area contributed by atoms with Gasteiger partial charge in [-0.1, -0.05) is 12.1 Å². The summed E-state index contributed by atoms with van der Waals surface area (Å²) >= 11 is 1.54. The number of benzene rings is 2. The Bertz CT molecular complexity index is 1390. The van der Waals surface area contributed by atoms with E-state index in [-0.39, 0.29) is 34.2 Å². The maximum Gasteiger partial charge on any atom is 0.257 e. The third kappa shape index (κ3) is 6.79. The van der Waals surface area contributed by atoms with Gasteiger partial charge in [0.15, 0.2) is 0 Å². The zero-order valence-corrected chi connectivity index (χ0v) is 22.0. The molecular weight excluding hydrogens is 517 g/mol. The standard InChI is InChI=1S/C26H28FN3O5S2/c1-16-6-11-24(23(31)12-16)37(33,34)30-19-9-7-18(8-10-19)29-25(32)22-13-17(27)15-28-26(22)35-20-4-3-5-21(14-20)36-2/h3-6,11-15,18-19,30-31H,7-10H2,1-2H3,(H,29,32). The Morgan fingerprint density at radius 2 is 1.84 bits per heavy atom. The Morgan fingerprint density at radius 3 is 2.54 bits per heavy atom. The molecule has 1 saturated carbocycles. The van der Waals surface area contributed by atoms with Crippen LogP contribution in [0.2, 0.25) is 0 Å². The van der Waals surface area contributed by atoms with Gasteiger partial charge in [-0.2, -0.15) is 0 Å². The number of carbonyl (C=O) groups is 1. The number of carbonyl (C=O) groups excluding carboxylic acids is 1. The first-order valence-corrected chi connectivity index (χ1v) is 14.5. The highest BCUT2D eigenvalue weighted by Crippen LogP contribution is 2.29. The molecule has 196 valence electrons. The van der Waals surface area contributed by atoms with Crippen molar-refractivity contribution in [2.45, 2.75) is 54.5 Å². The number of ether oxygens (including phenoxy) is 1. The van der Waals surface area contributed by atoms with Gasteiger partial charge in [-0.05, 0) is 80.8 Å². The number of rotatable bonds is 8. The normalized spacial score (nSPS) is 17.8. The molecule has 11 heteroatoms. The minimum absolute atomic E-state index is 0.00324. The molecule has 1 aliphatic rings. The summed E-state index contributed by atoms with van der Waals surface area (Å²) in [4.78, 5) is 17.8. The number of halogens is 1. The molecule has 1 amide bonds. The van der Waals surface area contributed by atoms with E-state index < -0.39 is 21.7 Å². The van der Waals surface area contributed by atoms with Crippen LogP contribution in [-0.2, 0) is 10.0 Å². The molecule has 0 aliphatic heterocycles. The van der Waals surface area contributed by atoms with Gasteiger partial charge in [0.2, 0.25) is 15.9 Å². The van der Waals surface area contributed by atoms with Crippen LogP contribution in [0.1, 0.15) is 41.6 Å². The second-order valence-electron chi connectivity index (χ2n) is 8.90. The van der Waals surface area contributed by atoms with Gasteiger partial charge in [0.1, 0.15) is 27.8 Å². The Hall–Kier alpha value is -3.15. The molecule has 0 saturated heterocycles. The summed E-state index contributed by atoms with van der Waals surface area (Å²) in [5.74, 6) is -0.997. The van der Waals surface area contributed by atoms with E-state index in [1.807, 2.05) is 18.4 Å².